The number of H-pyrrole nitrogens is 2. The molecule has 0 fully saturated rings. The summed E-state index contributed by atoms with van der Waals surface area (Å²) in [4.78, 5) is 14.0. The second kappa shape index (κ2) is 8.95. The van der Waals surface area contributed by atoms with Gasteiger partial charge in [-0.2, -0.15) is 0 Å². The molecule has 0 unspecified atom stereocenters. The number of nitrogens with zero attached hydrogens (tertiary/aromatic N) is 2. The van der Waals surface area contributed by atoms with Gasteiger partial charge in [-0.15, -0.1) is 0 Å². The molecule has 5 aromatic rings. The Hall–Kier alpha value is -3.60. The van der Waals surface area contributed by atoms with Crippen LogP contribution >= 0.6 is 0 Å². The van der Waals surface area contributed by atoms with E-state index in [9.17, 15) is 33.7 Å². The maximum Gasteiger partial charge on any atom is 0.177 e. The Morgan fingerprint density at radius 3 is 1.10 bits per heavy atom. The second-order valence-electron chi connectivity index (χ2n) is 9.47. The number of aromatic amines is 2. The van der Waals surface area contributed by atoms with Gasteiger partial charge in [0.1, 0.15) is 22.7 Å². The molecule has 0 aliphatic carbocycles. The van der Waals surface area contributed by atoms with Crippen LogP contribution in [0.15, 0.2) is 68.1 Å². The lowest BCUT2D eigenvalue weighted by Crippen LogP contribution is -2.03. The zero-order valence-corrected chi connectivity index (χ0v) is 24.7. The molecule has 0 aliphatic rings. The second-order valence-corrected chi connectivity index (χ2v) is 17.5. The predicted molar refractivity (Wildman–Crippen MR) is 149 cm³/mol. The summed E-state index contributed by atoms with van der Waals surface area (Å²) in [5.41, 5.74) is 1.76. The number of aromatic nitrogens is 4. The van der Waals surface area contributed by atoms with E-state index in [1.807, 2.05) is 0 Å². The van der Waals surface area contributed by atoms with Gasteiger partial charge < -0.3 is 9.97 Å². The van der Waals surface area contributed by atoms with E-state index in [-0.39, 0.29) is 41.6 Å². The lowest BCUT2D eigenvalue weighted by atomic mass is 10.1. The highest BCUT2D eigenvalue weighted by atomic mass is 32.2. The van der Waals surface area contributed by atoms with Gasteiger partial charge in [-0.1, -0.05) is 24.3 Å². The first-order chi connectivity index (χ1) is 18.3. The molecule has 0 aliphatic heterocycles. The molecule has 2 N–H and O–H groups in total. The molecule has 40 heavy (non-hydrogen) atoms. The Labute approximate surface area is 230 Å². The van der Waals surface area contributed by atoms with E-state index in [1.165, 1.54) is 12.1 Å². The largest absolute Gasteiger partial charge is 0.338 e. The monoisotopic (exact) mass is 622 g/mol. The van der Waals surface area contributed by atoms with Crippen molar-refractivity contribution < 1.29 is 33.7 Å². The number of rotatable bonds is 6. The standard InChI is InChI=1S/C24H22N4O8S4/c1-37(29,30)15-9-17-21(19(11-15)39(3,33)34)27-23(25-17)13-5-7-14(8-6-13)24-26-18-10-16(38(2,31)32)12-20(22(18)28-24)40(4,35)36/h5-12H,1-4H3,(H,25,27)(H,26,28). The molecule has 5 rings (SSSR count). The van der Waals surface area contributed by atoms with Crippen molar-refractivity contribution in [1.29, 1.82) is 0 Å². The zero-order chi connectivity index (χ0) is 29.4. The van der Waals surface area contributed by atoms with Crippen molar-refractivity contribution in [3.63, 3.8) is 0 Å². The molecule has 0 bridgehead atoms. The molecule has 0 spiro atoms. The number of benzene rings is 3. The van der Waals surface area contributed by atoms with Gasteiger partial charge >= 0.3 is 0 Å². The third kappa shape index (κ3) is 5.14. The lowest BCUT2D eigenvalue weighted by molar-refractivity contribution is 0.597. The Bertz CT molecular complexity index is 2140. The van der Waals surface area contributed by atoms with Crippen molar-refractivity contribution >= 4 is 61.4 Å². The first-order valence-corrected chi connectivity index (χ1v) is 18.9. The Balaban J connectivity index is 1.61. The minimum absolute atomic E-state index is 0.0984. The number of imidazole rings is 2. The lowest BCUT2D eigenvalue weighted by Gasteiger charge is -2.03. The van der Waals surface area contributed by atoms with Crippen LogP contribution in [-0.4, -0.2) is 78.6 Å². The zero-order valence-electron chi connectivity index (χ0n) is 21.4. The number of nitrogens with one attached hydrogen (secondary N) is 2. The first kappa shape index (κ1) is 27.9. The van der Waals surface area contributed by atoms with Crippen LogP contribution in [0.4, 0.5) is 0 Å². The van der Waals surface area contributed by atoms with Crippen LogP contribution in [-0.2, 0) is 39.3 Å². The fourth-order valence-corrected chi connectivity index (χ4v) is 7.35. The van der Waals surface area contributed by atoms with Crippen LogP contribution < -0.4 is 0 Å². The van der Waals surface area contributed by atoms with Crippen LogP contribution in [0.1, 0.15) is 0 Å². The minimum atomic E-state index is -3.80. The van der Waals surface area contributed by atoms with Crippen molar-refractivity contribution in [3.05, 3.63) is 48.5 Å². The van der Waals surface area contributed by atoms with Crippen LogP contribution in [0.2, 0.25) is 0 Å². The van der Waals surface area contributed by atoms with Crippen molar-refractivity contribution in [2.24, 2.45) is 0 Å². The highest BCUT2D eigenvalue weighted by molar-refractivity contribution is 7.92. The minimum Gasteiger partial charge on any atom is -0.338 e. The van der Waals surface area contributed by atoms with Crippen LogP contribution in [0.5, 0.6) is 0 Å². The normalized spacial score (nSPS) is 13.3. The summed E-state index contributed by atoms with van der Waals surface area (Å²) in [7, 11) is -15.0. The summed E-state index contributed by atoms with van der Waals surface area (Å²) >= 11 is 0. The van der Waals surface area contributed by atoms with E-state index in [0.29, 0.717) is 22.8 Å². The van der Waals surface area contributed by atoms with Gasteiger partial charge in [0.2, 0.25) is 0 Å². The van der Waals surface area contributed by atoms with E-state index >= 15 is 0 Å². The topological polar surface area (TPSA) is 194 Å². The maximum absolute atomic E-state index is 12.4. The molecule has 0 radical (unpaired) electrons. The average molecular weight is 623 g/mol. The highest BCUT2D eigenvalue weighted by Gasteiger charge is 2.23. The summed E-state index contributed by atoms with van der Waals surface area (Å²) in [5.74, 6) is 0.581. The fraction of sp³-hybridized carbons (Fsp3) is 0.167. The van der Waals surface area contributed by atoms with E-state index in [2.05, 4.69) is 19.9 Å². The van der Waals surface area contributed by atoms with Gasteiger partial charge in [-0.3, -0.25) is 0 Å². The van der Waals surface area contributed by atoms with Crippen molar-refractivity contribution in [2.45, 2.75) is 19.6 Å². The molecule has 2 heterocycles. The molecule has 12 nitrogen and oxygen atoms in total. The quantitative estimate of drug-likeness (QED) is 0.284. The Morgan fingerprint density at radius 2 is 0.825 bits per heavy atom. The number of hydrogen-bond donors (Lipinski definition) is 2. The molecule has 0 atom stereocenters. The van der Waals surface area contributed by atoms with Gasteiger partial charge in [-0.05, 0) is 24.3 Å². The van der Waals surface area contributed by atoms with Crippen molar-refractivity contribution in [1.82, 2.24) is 19.9 Å². The number of hydrogen-bond acceptors (Lipinski definition) is 10. The van der Waals surface area contributed by atoms with Gasteiger partial charge in [-0.25, -0.2) is 43.6 Å². The van der Waals surface area contributed by atoms with E-state index in [1.54, 1.807) is 24.3 Å². The van der Waals surface area contributed by atoms with E-state index in [0.717, 1.165) is 37.2 Å². The summed E-state index contributed by atoms with van der Waals surface area (Å²) in [6.45, 7) is 0. The Kier molecular flexibility index (Phi) is 6.26. The molecule has 0 saturated heterocycles. The summed E-state index contributed by atoms with van der Waals surface area (Å²) in [5, 5.41) is 0. The predicted octanol–water partition coefficient (Wildman–Crippen LogP) is 2.39. The number of sulfone groups is 4. The molecular formula is C24H22N4O8S4. The smallest absolute Gasteiger partial charge is 0.177 e. The van der Waals surface area contributed by atoms with Gasteiger partial charge in [0.15, 0.2) is 39.3 Å². The SMILES string of the molecule is CS(=O)(=O)c1cc(S(C)(=O)=O)c2nc(-c3ccc(-c4nc5c(S(C)(=O)=O)cc(S(C)(=O)=O)cc5[nH]4)cc3)[nH]c2c1. The average Bonchev–Trinajstić information content (AvgIpc) is 3.44. The third-order valence-electron chi connectivity index (χ3n) is 6.14. The van der Waals surface area contributed by atoms with Crippen molar-refractivity contribution in [2.75, 3.05) is 25.0 Å². The molecule has 16 heteroatoms. The van der Waals surface area contributed by atoms with Crippen LogP contribution in [0, 0.1) is 0 Å². The summed E-state index contributed by atoms with van der Waals surface area (Å²) in [6, 6.07) is 11.5. The molecule has 210 valence electrons. The molecular weight excluding hydrogens is 601 g/mol. The summed E-state index contributed by atoms with van der Waals surface area (Å²) < 4.78 is 98.0. The molecule has 2 aromatic heterocycles. The maximum atomic E-state index is 12.4. The number of fused-ring (bicyclic) bond motifs is 2. The van der Waals surface area contributed by atoms with E-state index in [4.69, 9.17) is 0 Å². The van der Waals surface area contributed by atoms with Gasteiger partial charge in [0, 0.05) is 36.1 Å². The summed E-state index contributed by atoms with van der Waals surface area (Å²) in [6.07, 6.45) is 3.90. The third-order valence-corrected chi connectivity index (χ3v) is 10.5. The first-order valence-electron chi connectivity index (χ1n) is 11.3. The highest BCUT2D eigenvalue weighted by Crippen LogP contribution is 2.32. The molecule has 3 aromatic carbocycles. The van der Waals surface area contributed by atoms with Crippen molar-refractivity contribution in [3.8, 4) is 22.8 Å². The molecule has 0 amide bonds. The molecule has 0 saturated carbocycles. The van der Waals surface area contributed by atoms with Gasteiger partial charge in [0.25, 0.3) is 0 Å². The van der Waals surface area contributed by atoms with Crippen LogP contribution in [0.3, 0.4) is 0 Å². The van der Waals surface area contributed by atoms with Crippen LogP contribution in [0.25, 0.3) is 44.8 Å². The fourth-order valence-electron chi connectivity index (χ4n) is 4.17. The van der Waals surface area contributed by atoms with Gasteiger partial charge in [0.05, 0.1) is 30.6 Å². The Morgan fingerprint density at radius 1 is 0.500 bits per heavy atom. The van der Waals surface area contributed by atoms with E-state index < -0.39 is 39.3 Å².